The number of benzene rings is 2. The van der Waals surface area contributed by atoms with Crippen LogP contribution in [0, 0.1) is 20.8 Å². The number of carbonyl (C=O) groups excluding carboxylic acids is 1. The van der Waals surface area contributed by atoms with Crippen molar-refractivity contribution in [3.05, 3.63) is 59.2 Å². The van der Waals surface area contributed by atoms with Crippen LogP contribution in [0.5, 0.6) is 11.5 Å². The van der Waals surface area contributed by atoms with Gasteiger partial charge in [-0.2, -0.15) is 0 Å². The van der Waals surface area contributed by atoms with Crippen LogP contribution in [0.2, 0.25) is 0 Å². The molecule has 134 valence electrons. The normalized spacial score (nSPS) is 11.7. The largest absolute Gasteiger partial charge is 0.492 e. The van der Waals surface area contributed by atoms with Gasteiger partial charge in [0.15, 0.2) is 6.10 Å². The van der Waals surface area contributed by atoms with E-state index < -0.39 is 6.10 Å². The molecule has 0 spiro atoms. The van der Waals surface area contributed by atoms with Gasteiger partial charge in [-0.05, 0) is 62.6 Å². The lowest BCUT2D eigenvalue weighted by atomic mass is 10.1. The van der Waals surface area contributed by atoms with Crippen LogP contribution in [0.25, 0.3) is 0 Å². The number of carbonyl (C=O) groups is 1. The van der Waals surface area contributed by atoms with E-state index in [1.807, 2.05) is 64.1 Å². The Morgan fingerprint density at radius 3 is 2.20 bits per heavy atom. The van der Waals surface area contributed by atoms with Crippen LogP contribution >= 0.6 is 0 Å². The summed E-state index contributed by atoms with van der Waals surface area (Å²) in [6.45, 7) is 8.90. The first-order valence-corrected chi connectivity index (χ1v) is 8.70. The molecule has 2 rings (SSSR count). The molecule has 0 radical (unpaired) electrons. The molecule has 0 heterocycles. The minimum atomic E-state index is -0.496. The Hall–Kier alpha value is -2.49. The number of hydrogen-bond donors (Lipinski definition) is 1. The highest BCUT2D eigenvalue weighted by Crippen LogP contribution is 2.16. The summed E-state index contributed by atoms with van der Waals surface area (Å²) >= 11 is 0. The third kappa shape index (κ3) is 6.14. The quantitative estimate of drug-likeness (QED) is 0.739. The molecule has 1 amide bonds. The van der Waals surface area contributed by atoms with E-state index >= 15 is 0 Å². The van der Waals surface area contributed by atoms with Gasteiger partial charge in [0, 0.05) is 0 Å². The summed E-state index contributed by atoms with van der Waals surface area (Å²) in [4.78, 5) is 12.3. The molecule has 4 heteroatoms. The smallest absolute Gasteiger partial charge is 0.261 e. The van der Waals surface area contributed by atoms with E-state index in [2.05, 4.69) is 11.4 Å². The molecule has 0 aliphatic rings. The number of rotatable bonds is 8. The Labute approximate surface area is 150 Å². The zero-order valence-corrected chi connectivity index (χ0v) is 15.5. The lowest BCUT2D eigenvalue weighted by molar-refractivity contribution is -0.128. The molecule has 4 nitrogen and oxygen atoms in total. The third-order valence-electron chi connectivity index (χ3n) is 3.83. The summed E-state index contributed by atoms with van der Waals surface area (Å²) < 4.78 is 11.5. The first-order chi connectivity index (χ1) is 12.0. The van der Waals surface area contributed by atoms with Crippen molar-refractivity contribution in [2.24, 2.45) is 0 Å². The molecule has 0 aromatic heterocycles. The van der Waals surface area contributed by atoms with Gasteiger partial charge in [0.1, 0.15) is 18.1 Å². The van der Waals surface area contributed by atoms with E-state index in [9.17, 15) is 4.79 Å². The summed E-state index contributed by atoms with van der Waals surface area (Å²) in [7, 11) is 0. The zero-order chi connectivity index (χ0) is 18.2. The van der Waals surface area contributed by atoms with Crippen molar-refractivity contribution in [3.63, 3.8) is 0 Å². The summed E-state index contributed by atoms with van der Waals surface area (Å²) in [5.74, 6) is 1.42. The first kappa shape index (κ1) is 18.8. The topological polar surface area (TPSA) is 47.6 Å². The molecule has 0 fully saturated rings. The standard InChI is InChI=1S/C21H27NO3/c1-5-20(25-18-8-6-15(2)7-9-18)21(23)22-10-11-24-19-13-16(3)12-17(4)14-19/h6-9,12-14,20H,5,10-11H2,1-4H3,(H,22,23)/t20-/m1/s1. The number of ether oxygens (including phenoxy) is 2. The van der Waals surface area contributed by atoms with Crippen molar-refractivity contribution in [1.29, 1.82) is 0 Å². The fourth-order valence-electron chi connectivity index (χ4n) is 2.58. The van der Waals surface area contributed by atoms with E-state index in [0.717, 1.165) is 22.4 Å². The first-order valence-electron chi connectivity index (χ1n) is 8.70. The Bertz CT molecular complexity index is 675. The van der Waals surface area contributed by atoms with Gasteiger partial charge in [-0.15, -0.1) is 0 Å². The monoisotopic (exact) mass is 341 g/mol. The number of nitrogens with one attached hydrogen (secondary N) is 1. The molecule has 0 aliphatic heterocycles. The zero-order valence-electron chi connectivity index (χ0n) is 15.5. The molecular formula is C21H27NO3. The van der Waals surface area contributed by atoms with E-state index in [1.54, 1.807) is 0 Å². The van der Waals surface area contributed by atoms with Gasteiger partial charge in [-0.3, -0.25) is 4.79 Å². The van der Waals surface area contributed by atoms with E-state index in [-0.39, 0.29) is 5.91 Å². The number of hydrogen-bond acceptors (Lipinski definition) is 3. The van der Waals surface area contributed by atoms with Gasteiger partial charge in [-0.25, -0.2) is 0 Å². The van der Waals surface area contributed by atoms with Crippen LogP contribution in [-0.4, -0.2) is 25.2 Å². The molecule has 0 bridgehead atoms. The molecule has 1 atom stereocenters. The van der Waals surface area contributed by atoms with Crippen LogP contribution in [0.3, 0.4) is 0 Å². The van der Waals surface area contributed by atoms with E-state index in [1.165, 1.54) is 0 Å². The lowest BCUT2D eigenvalue weighted by Gasteiger charge is -2.17. The fourth-order valence-corrected chi connectivity index (χ4v) is 2.58. The maximum absolute atomic E-state index is 12.3. The van der Waals surface area contributed by atoms with Gasteiger partial charge >= 0.3 is 0 Å². The molecule has 0 saturated carbocycles. The Morgan fingerprint density at radius 1 is 0.960 bits per heavy atom. The Kier molecular flexibility index (Phi) is 6.87. The molecule has 25 heavy (non-hydrogen) atoms. The predicted octanol–water partition coefficient (Wildman–Crippen LogP) is 3.96. The second-order valence-electron chi connectivity index (χ2n) is 6.29. The molecule has 2 aromatic carbocycles. The maximum Gasteiger partial charge on any atom is 0.261 e. The minimum Gasteiger partial charge on any atom is -0.492 e. The Balaban J connectivity index is 1.78. The maximum atomic E-state index is 12.3. The average Bonchev–Trinajstić information content (AvgIpc) is 2.57. The van der Waals surface area contributed by atoms with Crippen molar-refractivity contribution >= 4 is 5.91 Å². The number of aryl methyl sites for hydroxylation is 3. The minimum absolute atomic E-state index is 0.118. The van der Waals surface area contributed by atoms with Crippen LogP contribution in [0.4, 0.5) is 0 Å². The van der Waals surface area contributed by atoms with Gasteiger partial charge in [-0.1, -0.05) is 30.7 Å². The van der Waals surface area contributed by atoms with E-state index in [4.69, 9.17) is 9.47 Å². The van der Waals surface area contributed by atoms with Crippen molar-refractivity contribution in [3.8, 4) is 11.5 Å². The third-order valence-corrected chi connectivity index (χ3v) is 3.83. The van der Waals surface area contributed by atoms with E-state index in [0.29, 0.717) is 25.3 Å². The predicted molar refractivity (Wildman–Crippen MR) is 100 cm³/mol. The highest BCUT2D eigenvalue weighted by Gasteiger charge is 2.17. The summed E-state index contributed by atoms with van der Waals surface area (Å²) in [6, 6.07) is 13.8. The average molecular weight is 341 g/mol. The Morgan fingerprint density at radius 2 is 1.60 bits per heavy atom. The van der Waals surface area contributed by atoms with Crippen molar-refractivity contribution in [1.82, 2.24) is 5.32 Å². The van der Waals surface area contributed by atoms with Crippen molar-refractivity contribution in [2.45, 2.75) is 40.2 Å². The van der Waals surface area contributed by atoms with Gasteiger partial charge < -0.3 is 14.8 Å². The lowest BCUT2D eigenvalue weighted by Crippen LogP contribution is -2.39. The second kappa shape index (κ2) is 9.11. The van der Waals surface area contributed by atoms with Crippen LogP contribution in [-0.2, 0) is 4.79 Å². The summed E-state index contributed by atoms with van der Waals surface area (Å²) in [5.41, 5.74) is 3.49. The second-order valence-corrected chi connectivity index (χ2v) is 6.29. The van der Waals surface area contributed by atoms with Gasteiger partial charge in [0.2, 0.25) is 0 Å². The van der Waals surface area contributed by atoms with Crippen molar-refractivity contribution in [2.75, 3.05) is 13.2 Å². The van der Waals surface area contributed by atoms with Crippen molar-refractivity contribution < 1.29 is 14.3 Å². The summed E-state index contributed by atoms with van der Waals surface area (Å²) in [5, 5.41) is 2.88. The van der Waals surface area contributed by atoms with Gasteiger partial charge in [0.05, 0.1) is 6.54 Å². The highest BCUT2D eigenvalue weighted by atomic mass is 16.5. The SMILES string of the molecule is CC[C@@H](Oc1ccc(C)cc1)C(=O)NCCOc1cc(C)cc(C)c1. The van der Waals surface area contributed by atoms with Crippen LogP contribution < -0.4 is 14.8 Å². The summed E-state index contributed by atoms with van der Waals surface area (Å²) in [6.07, 6.45) is 0.112. The highest BCUT2D eigenvalue weighted by molar-refractivity contribution is 5.81. The van der Waals surface area contributed by atoms with Gasteiger partial charge in [0.25, 0.3) is 5.91 Å². The molecule has 2 aromatic rings. The molecule has 1 N–H and O–H groups in total. The molecule has 0 unspecified atom stereocenters. The van der Waals surface area contributed by atoms with Crippen LogP contribution in [0.15, 0.2) is 42.5 Å². The fraction of sp³-hybridized carbons (Fsp3) is 0.381. The molecular weight excluding hydrogens is 314 g/mol. The molecule has 0 aliphatic carbocycles. The number of amides is 1. The molecule has 0 saturated heterocycles. The van der Waals surface area contributed by atoms with Crippen LogP contribution in [0.1, 0.15) is 30.0 Å².